The number of hydrogen-bond acceptors (Lipinski definition) is 13. The first-order chi connectivity index (χ1) is 29.3. The van der Waals surface area contributed by atoms with Crippen LogP contribution in [0.15, 0.2) is 35.9 Å². The SMILES string of the molecule is CC[C@H]1CCC[C@H](O[C@H]2CC[C@H](N(C)C)C(C)O2)[C@@H](C)C(=O)C2=C[C@H]3[C@@H]4C[C@H](O[C@@H]5OC(C)[C@H](OC)C(OC)[C@@H]5OC)C[C@H]4[C@H](Nc4ccc(F)cc4)[C@@H](O)[C@H]3[C@@H]2CC(=O)O1. The van der Waals surface area contributed by atoms with Gasteiger partial charge in [0, 0.05) is 50.8 Å². The van der Waals surface area contributed by atoms with E-state index in [0.29, 0.717) is 43.4 Å². The number of nitrogens with zero attached hydrogens (tertiary/aromatic N) is 1. The first-order valence-corrected chi connectivity index (χ1v) is 22.8. The number of ether oxygens (including phenoxy) is 8. The van der Waals surface area contributed by atoms with Crippen LogP contribution in [0.2, 0.25) is 0 Å². The van der Waals surface area contributed by atoms with Crippen LogP contribution in [0.3, 0.4) is 0 Å². The topological polar surface area (TPSA) is 143 Å². The molecule has 3 unspecified atom stereocenters. The molecule has 2 N–H and O–H groups in total. The van der Waals surface area contributed by atoms with Crippen molar-refractivity contribution < 1.29 is 57.0 Å². The molecule has 19 atom stereocenters. The number of anilines is 1. The van der Waals surface area contributed by atoms with Crippen molar-refractivity contribution in [3.8, 4) is 0 Å². The van der Waals surface area contributed by atoms with Crippen LogP contribution in [0.1, 0.15) is 85.5 Å². The molecule has 1 aromatic rings. The van der Waals surface area contributed by atoms with Crippen molar-refractivity contribution in [3.05, 3.63) is 41.7 Å². The molecule has 3 aliphatic heterocycles. The van der Waals surface area contributed by atoms with Gasteiger partial charge in [-0.15, -0.1) is 0 Å². The van der Waals surface area contributed by atoms with E-state index < -0.39 is 60.8 Å². The molecule has 3 aliphatic carbocycles. The number of halogens is 1. The summed E-state index contributed by atoms with van der Waals surface area (Å²) in [5, 5.41) is 16.2. The number of carbonyl (C=O) groups is 2. The molecule has 14 heteroatoms. The summed E-state index contributed by atoms with van der Waals surface area (Å²) < 4.78 is 64.1. The number of methoxy groups -OCH3 is 3. The van der Waals surface area contributed by atoms with E-state index in [2.05, 4.69) is 37.3 Å². The molecule has 3 heterocycles. The highest BCUT2D eigenvalue weighted by Crippen LogP contribution is 2.57. The summed E-state index contributed by atoms with van der Waals surface area (Å²) in [5.74, 6) is -2.72. The lowest BCUT2D eigenvalue weighted by molar-refractivity contribution is -0.314. The maximum Gasteiger partial charge on any atom is 0.306 e. The van der Waals surface area contributed by atoms with Gasteiger partial charge >= 0.3 is 5.97 Å². The number of cyclic esters (lactones) is 1. The van der Waals surface area contributed by atoms with Gasteiger partial charge in [-0.2, -0.15) is 0 Å². The van der Waals surface area contributed by atoms with Gasteiger partial charge in [-0.3, -0.25) is 9.59 Å². The third kappa shape index (κ3) is 9.78. The fourth-order valence-electron chi connectivity index (χ4n) is 11.9. The Morgan fingerprint density at radius 2 is 1.57 bits per heavy atom. The molecule has 1 aromatic carbocycles. The van der Waals surface area contributed by atoms with Crippen LogP contribution in [0.25, 0.3) is 0 Å². The van der Waals surface area contributed by atoms with Crippen LogP contribution in [0, 0.1) is 41.3 Å². The zero-order valence-corrected chi connectivity index (χ0v) is 37.6. The molecule has 2 saturated carbocycles. The van der Waals surface area contributed by atoms with Crippen molar-refractivity contribution in [2.75, 3.05) is 40.7 Å². The second-order valence-corrected chi connectivity index (χ2v) is 18.8. The first kappa shape index (κ1) is 46.5. The van der Waals surface area contributed by atoms with Gasteiger partial charge in [0.1, 0.15) is 30.2 Å². The smallest absolute Gasteiger partial charge is 0.306 e. The van der Waals surface area contributed by atoms with Crippen molar-refractivity contribution in [2.45, 2.75) is 165 Å². The standard InChI is InChI=1S/C47H71FN2O11/c1-10-29-12-11-13-37(61-39-19-18-36(50(5)6)25(3)57-39)24(2)42(52)35-22-32-31-20-30(60-47-46(56-9)45(55-8)44(54-7)26(4)58-47)21-34(31)41(49-28-16-14-27(48)15-17-28)43(53)40(32)33(35)23-38(51)59-29/h14-17,22,24-26,29-34,36-37,39-41,43-47,49,53H,10-13,18-21,23H2,1-9H3/t24-,25?,26?,29+,30+,31+,32+,33-,34-,36+,37+,39+,40-,41+,43+,44+,45?,46+,47+/m1/s1. The van der Waals surface area contributed by atoms with Crippen LogP contribution in [-0.2, 0) is 47.5 Å². The second kappa shape index (κ2) is 20.1. The molecule has 61 heavy (non-hydrogen) atoms. The molecular weight excluding hydrogens is 788 g/mol. The predicted molar refractivity (Wildman–Crippen MR) is 225 cm³/mol. The van der Waals surface area contributed by atoms with E-state index in [1.807, 2.05) is 20.8 Å². The van der Waals surface area contributed by atoms with Crippen LogP contribution >= 0.6 is 0 Å². The highest BCUT2D eigenvalue weighted by Gasteiger charge is 2.60. The minimum absolute atomic E-state index is 0.0251. The molecule has 7 rings (SSSR count). The predicted octanol–water partition coefficient (Wildman–Crippen LogP) is 5.91. The van der Waals surface area contributed by atoms with E-state index in [1.54, 1.807) is 33.5 Å². The number of aliphatic hydroxyl groups excluding tert-OH is 1. The summed E-state index contributed by atoms with van der Waals surface area (Å²) in [5.41, 5.74) is 1.23. The lowest BCUT2D eigenvalue weighted by Gasteiger charge is -2.47. The lowest BCUT2D eigenvalue weighted by Crippen LogP contribution is -2.59. The molecule has 0 radical (unpaired) electrons. The lowest BCUT2D eigenvalue weighted by atomic mass is 9.62. The van der Waals surface area contributed by atoms with Gasteiger partial charge in [0.2, 0.25) is 0 Å². The molecule has 6 aliphatic rings. The molecule has 0 aromatic heterocycles. The number of carbonyl (C=O) groups excluding carboxylic acids is 2. The minimum atomic E-state index is -0.966. The Hall–Kier alpha value is -2.53. The number of fused-ring (bicyclic) bond motifs is 5. The Kier molecular flexibility index (Phi) is 15.3. The number of Topliss-reactive ketones (excluding diaryl/α,β-unsaturated/α-hetero) is 1. The number of nitrogens with one attached hydrogen (secondary N) is 1. The van der Waals surface area contributed by atoms with Crippen molar-refractivity contribution >= 4 is 17.4 Å². The number of hydrogen-bond donors (Lipinski definition) is 2. The first-order valence-electron chi connectivity index (χ1n) is 22.8. The number of rotatable bonds is 11. The number of esters is 1. The molecular formula is C47H71FN2O11. The highest BCUT2D eigenvalue weighted by molar-refractivity contribution is 5.99. The van der Waals surface area contributed by atoms with Gasteiger partial charge in [-0.1, -0.05) is 19.9 Å². The minimum Gasteiger partial charge on any atom is -0.462 e. The van der Waals surface area contributed by atoms with E-state index in [0.717, 1.165) is 19.3 Å². The average Bonchev–Trinajstić information content (AvgIpc) is 3.82. The maximum atomic E-state index is 15.1. The summed E-state index contributed by atoms with van der Waals surface area (Å²) in [6, 6.07) is 5.92. The normalized spacial score (nSPS) is 43.3. The Morgan fingerprint density at radius 1 is 0.869 bits per heavy atom. The van der Waals surface area contributed by atoms with E-state index in [4.69, 9.17) is 37.9 Å². The van der Waals surface area contributed by atoms with E-state index >= 15 is 4.79 Å². The van der Waals surface area contributed by atoms with Crippen LogP contribution in [-0.4, -0.2) is 137 Å². The largest absolute Gasteiger partial charge is 0.462 e. The number of allylic oxidation sites excluding steroid dienone is 2. The fourth-order valence-corrected chi connectivity index (χ4v) is 11.9. The van der Waals surface area contributed by atoms with E-state index in [-0.39, 0.29) is 78.3 Å². The quantitative estimate of drug-likeness (QED) is 0.255. The summed E-state index contributed by atoms with van der Waals surface area (Å²) in [4.78, 5) is 31.1. The Morgan fingerprint density at radius 3 is 2.23 bits per heavy atom. The number of benzene rings is 1. The monoisotopic (exact) mass is 859 g/mol. The summed E-state index contributed by atoms with van der Waals surface area (Å²) in [7, 11) is 8.98. The van der Waals surface area contributed by atoms with Crippen molar-refractivity contribution in [1.29, 1.82) is 0 Å². The van der Waals surface area contributed by atoms with E-state index in [1.165, 1.54) is 12.1 Å². The Labute approximate surface area is 361 Å². The van der Waals surface area contributed by atoms with E-state index in [9.17, 15) is 14.3 Å². The summed E-state index contributed by atoms with van der Waals surface area (Å²) in [6.07, 6.45) is 2.77. The number of aliphatic hydroxyl groups is 1. The summed E-state index contributed by atoms with van der Waals surface area (Å²) in [6.45, 7) is 7.97. The molecule has 5 fully saturated rings. The van der Waals surface area contributed by atoms with Gasteiger partial charge in [0.15, 0.2) is 18.4 Å². The van der Waals surface area contributed by atoms with Gasteiger partial charge in [-0.25, -0.2) is 4.39 Å². The zero-order chi connectivity index (χ0) is 43.7. The van der Waals surface area contributed by atoms with Crippen LogP contribution in [0.4, 0.5) is 10.1 Å². The molecule has 3 saturated heterocycles. The highest BCUT2D eigenvalue weighted by atomic mass is 19.1. The fraction of sp³-hybridized carbons (Fsp3) is 0.787. The van der Waals surface area contributed by atoms with Crippen molar-refractivity contribution in [1.82, 2.24) is 4.90 Å². The molecule has 0 spiro atoms. The van der Waals surface area contributed by atoms with Crippen LogP contribution in [0.5, 0.6) is 0 Å². The third-order valence-corrected chi connectivity index (χ3v) is 15.1. The van der Waals surface area contributed by atoms with Crippen molar-refractivity contribution in [3.63, 3.8) is 0 Å². The molecule has 13 nitrogen and oxygen atoms in total. The molecule has 0 amide bonds. The molecule has 0 bridgehead atoms. The Bertz CT molecular complexity index is 1660. The number of likely N-dealkylation sites (N-methyl/N-ethyl adjacent to an activating group) is 1. The Balaban J connectivity index is 1.20. The third-order valence-electron chi connectivity index (χ3n) is 15.1. The number of ketones is 1. The van der Waals surface area contributed by atoms with Gasteiger partial charge in [0.25, 0.3) is 0 Å². The van der Waals surface area contributed by atoms with Gasteiger partial charge < -0.3 is 53.2 Å². The van der Waals surface area contributed by atoms with Crippen LogP contribution < -0.4 is 5.32 Å². The zero-order valence-electron chi connectivity index (χ0n) is 37.6. The second-order valence-electron chi connectivity index (χ2n) is 18.8. The van der Waals surface area contributed by atoms with Crippen molar-refractivity contribution in [2.24, 2.45) is 35.5 Å². The summed E-state index contributed by atoms with van der Waals surface area (Å²) >= 11 is 0. The van der Waals surface area contributed by atoms with Gasteiger partial charge in [-0.05, 0) is 127 Å². The van der Waals surface area contributed by atoms with Gasteiger partial charge in [0.05, 0.1) is 43.0 Å². The maximum absolute atomic E-state index is 15.1. The molecule has 342 valence electrons. The average molecular weight is 859 g/mol.